The lowest BCUT2D eigenvalue weighted by Gasteiger charge is -2.14. The highest BCUT2D eigenvalue weighted by atomic mass is 19.1. The Morgan fingerprint density at radius 3 is 2.59 bits per heavy atom. The molecule has 0 unspecified atom stereocenters. The Kier molecular flexibility index (Phi) is 5.21. The van der Waals surface area contributed by atoms with Crippen LogP contribution in [0.25, 0.3) is 22.8 Å². The van der Waals surface area contributed by atoms with Crippen LogP contribution in [-0.2, 0) is 16.0 Å². The van der Waals surface area contributed by atoms with Crippen LogP contribution in [0.2, 0.25) is 0 Å². The van der Waals surface area contributed by atoms with Crippen LogP contribution in [0.1, 0.15) is 27.3 Å². The lowest BCUT2D eigenvalue weighted by molar-refractivity contribution is -0.118. The van der Waals surface area contributed by atoms with Crippen LogP contribution in [0, 0.1) is 11.6 Å². The van der Waals surface area contributed by atoms with Crippen LogP contribution >= 0.6 is 0 Å². The molecule has 0 fully saturated rings. The molecule has 2 aliphatic heterocycles. The first kappa shape index (κ1) is 21.5. The molecule has 0 spiro atoms. The van der Waals surface area contributed by atoms with Gasteiger partial charge in [0.1, 0.15) is 18.2 Å². The number of aliphatic hydroxyl groups is 1. The average molecular weight is 464 g/mol. The fraction of sp³-hybridized carbons (Fsp3) is 0.125. The number of hydrogen-bond donors (Lipinski definition) is 5. The quantitative estimate of drug-likeness (QED) is 0.381. The number of carbonyl (C=O) groups excluding carboxylic acids is 3. The van der Waals surface area contributed by atoms with Crippen LogP contribution in [-0.4, -0.2) is 41.0 Å². The Balaban J connectivity index is 1.65. The molecule has 0 saturated carbocycles. The number of benzene rings is 2. The SMILES string of the molecule is O=C(CO)Nc1cc2c(cc1F)C(=Cc1[nH]c3c(c1-c1ccc(F)cc1)C(=O)NCC3)C(=O)N2. The maximum absolute atomic E-state index is 14.6. The summed E-state index contributed by atoms with van der Waals surface area (Å²) in [4.78, 5) is 40.0. The molecule has 1 aromatic heterocycles. The van der Waals surface area contributed by atoms with E-state index in [9.17, 15) is 23.2 Å². The normalized spacial score (nSPS) is 15.6. The van der Waals surface area contributed by atoms with Gasteiger partial charge in [0.15, 0.2) is 0 Å². The number of halogens is 2. The number of fused-ring (bicyclic) bond motifs is 2. The fourth-order valence-corrected chi connectivity index (χ4v) is 4.21. The zero-order chi connectivity index (χ0) is 24.0. The summed E-state index contributed by atoms with van der Waals surface area (Å²) in [5.74, 6) is -2.79. The molecule has 0 bridgehead atoms. The van der Waals surface area contributed by atoms with E-state index in [1.165, 1.54) is 24.3 Å². The zero-order valence-electron chi connectivity index (χ0n) is 17.6. The summed E-state index contributed by atoms with van der Waals surface area (Å²) in [5, 5.41) is 16.5. The molecule has 3 heterocycles. The molecule has 2 aliphatic rings. The molecule has 0 saturated heterocycles. The molecule has 10 heteroatoms. The topological polar surface area (TPSA) is 123 Å². The third-order valence-electron chi connectivity index (χ3n) is 5.72. The van der Waals surface area contributed by atoms with Crippen molar-refractivity contribution in [3.63, 3.8) is 0 Å². The highest BCUT2D eigenvalue weighted by molar-refractivity contribution is 6.35. The van der Waals surface area contributed by atoms with Gasteiger partial charge in [0.2, 0.25) is 5.91 Å². The molecule has 5 rings (SSSR count). The fourth-order valence-electron chi connectivity index (χ4n) is 4.21. The number of aromatic amines is 1. The maximum Gasteiger partial charge on any atom is 0.256 e. The van der Waals surface area contributed by atoms with Crippen molar-refractivity contribution in [2.45, 2.75) is 6.42 Å². The second kappa shape index (κ2) is 8.23. The Morgan fingerprint density at radius 1 is 1.09 bits per heavy atom. The minimum absolute atomic E-state index is 0.149. The predicted octanol–water partition coefficient (Wildman–Crippen LogP) is 2.67. The largest absolute Gasteiger partial charge is 0.387 e. The molecular formula is C24H18F2N4O4. The van der Waals surface area contributed by atoms with Crippen molar-refractivity contribution < 1.29 is 28.3 Å². The third-order valence-corrected chi connectivity index (χ3v) is 5.72. The van der Waals surface area contributed by atoms with Gasteiger partial charge < -0.3 is 26.0 Å². The first-order chi connectivity index (χ1) is 16.4. The first-order valence-electron chi connectivity index (χ1n) is 10.4. The second-order valence-electron chi connectivity index (χ2n) is 7.88. The Morgan fingerprint density at radius 2 is 1.85 bits per heavy atom. The Hall–Kier alpha value is -4.31. The molecule has 8 nitrogen and oxygen atoms in total. The number of anilines is 2. The van der Waals surface area contributed by atoms with E-state index in [1.54, 1.807) is 12.1 Å². The summed E-state index contributed by atoms with van der Waals surface area (Å²) >= 11 is 0. The first-order valence-corrected chi connectivity index (χ1v) is 10.4. The predicted molar refractivity (Wildman–Crippen MR) is 121 cm³/mol. The summed E-state index contributed by atoms with van der Waals surface area (Å²) < 4.78 is 28.2. The lowest BCUT2D eigenvalue weighted by Crippen LogP contribution is -2.31. The summed E-state index contributed by atoms with van der Waals surface area (Å²) in [5.41, 5.74) is 3.15. The maximum atomic E-state index is 14.6. The van der Waals surface area contributed by atoms with Crippen molar-refractivity contribution >= 4 is 40.7 Å². The number of carbonyl (C=O) groups is 3. The van der Waals surface area contributed by atoms with Gasteiger partial charge in [-0.3, -0.25) is 14.4 Å². The van der Waals surface area contributed by atoms with E-state index in [-0.39, 0.29) is 28.4 Å². The van der Waals surface area contributed by atoms with Crippen molar-refractivity contribution in [1.82, 2.24) is 10.3 Å². The number of rotatable bonds is 4. The minimum Gasteiger partial charge on any atom is -0.387 e. The smallest absolute Gasteiger partial charge is 0.256 e. The highest BCUT2D eigenvalue weighted by Gasteiger charge is 2.30. The van der Waals surface area contributed by atoms with Crippen LogP contribution in [0.3, 0.4) is 0 Å². The van der Waals surface area contributed by atoms with Crippen molar-refractivity contribution in [3.8, 4) is 11.1 Å². The van der Waals surface area contributed by atoms with Gasteiger partial charge in [-0.1, -0.05) is 12.1 Å². The van der Waals surface area contributed by atoms with Crippen molar-refractivity contribution in [3.05, 3.63) is 70.5 Å². The van der Waals surface area contributed by atoms with E-state index >= 15 is 0 Å². The van der Waals surface area contributed by atoms with Crippen molar-refractivity contribution in [2.24, 2.45) is 0 Å². The standard InChI is InChI=1S/C24H18F2N4O4/c25-12-3-1-11(2-4-12)21-19(28-16-5-6-27-24(34)22(16)21)8-14-13-7-15(26)18(29-20(32)10-31)9-17(13)30-23(14)33/h1-4,7-9,28,31H,5-6,10H2,(H,27,34)(H,29,32)(H,30,33). The zero-order valence-corrected chi connectivity index (χ0v) is 17.6. The average Bonchev–Trinajstić information content (AvgIpc) is 3.33. The monoisotopic (exact) mass is 464 g/mol. The van der Waals surface area contributed by atoms with Gasteiger partial charge in [-0.05, 0) is 35.9 Å². The molecule has 0 atom stereocenters. The summed E-state index contributed by atoms with van der Waals surface area (Å²) in [7, 11) is 0. The summed E-state index contributed by atoms with van der Waals surface area (Å²) in [6, 6.07) is 8.02. The van der Waals surface area contributed by atoms with E-state index in [1.807, 2.05) is 0 Å². The van der Waals surface area contributed by atoms with Gasteiger partial charge in [-0.15, -0.1) is 0 Å². The molecule has 172 valence electrons. The molecule has 0 aliphatic carbocycles. The molecule has 0 radical (unpaired) electrons. The van der Waals surface area contributed by atoms with Gasteiger partial charge in [-0.25, -0.2) is 8.78 Å². The van der Waals surface area contributed by atoms with Gasteiger partial charge in [0.05, 0.1) is 22.5 Å². The number of nitrogens with one attached hydrogen (secondary N) is 4. The van der Waals surface area contributed by atoms with Gasteiger partial charge in [0.25, 0.3) is 11.8 Å². The van der Waals surface area contributed by atoms with Gasteiger partial charge in [-0.2, -0.15) is 0 Å². The third kappa shape index (κ3) is 3.63. The van der Waals surface area contributed by atoms with Gasteiger partial charge in [0, 0.05) is 35.5 Å². The van der Waals surface area contributed by atoms with E-state index in [4.69, 9.17) is 5.11 Å². The number of amides is 3. The van der Waals surface area contributed by atoms with Crippen LogP contribution in [0.15, 0.2) is 36.4 Å². The number of hydrogen-bond acceptors (Lipinski definition) is 4. The molecule has 34 heavy (non-hydrogen) atoms. The molecule has 2 aromatic carbocycles. The summed E-state index contributed by atoms with van der Waals surface area (Å²) in [6.07, 6.45) is 2.07. The minimum atomic E-state index is -0.814. The van der Waals surface area contributed by atoms with Crippen LogP contribution < -0.4 is 16.0 Å². The number of aromatic nitrogens is 1. The van der Waals surface area contributed by atoms with E-state index in [0.29, 0.717) is 41.0 Å². The molecule has 3 aromatic rings. The van der Waals surface area contributed by atoms with Crippen molar-refractivity contribution in [2.75, 3.05) is 23.8 Å². The highest BCUT2D eigenvalue weighted by Crippen LogP contribution is 2.39. The molecule has 3 amide bonds. The van der Waals surface area contributed by atoms with Crippen LogP contribution in [0.4, 0.5) is 20.2 Å². The Bertz CT molecular complexity index is 1390. The second-order valence-corrected chi connectivity index (χ2v) is 7.88. The van der Waals surface area contributed by atoms with Crippen molar-refractivity contribution in [1.29, 1.82) is 0 Å². The van der Waals surface area contributed by atoms with E-state index < -0.39 is 30.1 Å². The lowest BCUT2D eigenvalue weighted by atomic mass is 9.95. The van der Waals surface area contributed by atoms with E-state index in [0.717, 1.165) is 6.07 Å². The molecule has 5 N–H and O–H groups in total. The molecular weight excluding hydrogens is 446 g/mol. The number of H-pyrrole nitrogens is 1. The van der Waals surface area contributed by atoms with Crippen LogP contribution in [0.5, 0.6) is 0 Å². The number of aliphatic hydroxyl groups excluding tert-OH is 1. The Labute approximate surface area is 191 Å². The summed E-state index contributed by atoms with van der Waals surface area (Å²) in [6.45, 7) is -0.368. The van der Waals surface area contributed by atoms with E-state index in [2.05, 4.69) is 20.9 Å². The van der Waals surface area contributed by atoms with Gasteiger partial charge >= 0.3 is 0 Å².